The van der Waals surface area contributed by atoms with Gasteiger partial charge in [0, 0.05) is 19.3 Å². The fraction of sp³-hybridized carbons (Fsp3) is 0.581. The van der Waals surface area contributed by atoms with Crippen molar-refractivity contribution in [3.8, 4) is 0 Å². The van der Waals surface area contributed by atoms with E-state index < -0.39 is 6.10 Å². The van der Waals surface area contributed by atoms with Crippen molar-refractivity contribution < 1.29 is 28.6 Å². The van der Waals surface area contributed by atoms with Crippen LogP contribution in [0.25, 0.3) is 0 Å². The smallest absolute Gasteiger partial charge is 0.306 e. The minimum atomic E-state index is -0.801. The van der Waals surface area contributed by atoms with E-state index in [4.69, 9.17) is 14.2 Å². The van der Waals surface area contributed by atoms with Crippen LogP contribution in [0, 0.1) is 0 Å². The first kappa shape index (κ1) is 74.8. The van der Waals surface area contributed by atoms with Crippen molar-refractivity contribution in [3.63, 3.8) is 0 Å². The molecule has 6 heteroatoms. The Hall–Kier alpha value is -5.23. The maximum Gasteiger partial charge on any atom is 0.306 e. The second kappa shape index (κ2) is 66.3. The summed E-state index contributed by atoms with van der Waals surface area (Å²) < 4.78 is 16.8. The van der Waals surface area contributed by atoms with Crippen molar-refractivity contribution in [3.05, 3.63) is 170 Å². The molecule has 0 aromatic carbocycles. The van der Waals surface area contributed by atoms with Gasteiger partial charge in [-0.1, -0.05) is 274 Å². The van der Waals surface area contributed by atoms with Gasteiger partial charge in [0.2, 0.25) is 0 Å². The van der Waals surface area contributed by atoms with E-state index in [-0.39, 0.29) is 31.1 Å². The third kappa shape index (κ3) is 63.6. The Labute approximate surface area is 492 Å². The molecular formula is C74H116O6. The fourth-order valence-corrected chi connectivity index (χ4v) is 8.23. The first-order valence-electron chi connectivity index (χ1n) is 32.1. The maximum absolute atomic E-state index is 12.9. The second-order valence-corrected chi connectivity index (χ2v) is 20.6. The highest BCUT2D eigenvalue weighted by Gasteiger charge is 2.19. The van der Waals surface area contributed by atoms with Crippen molar-refractivity contribution in [1.82, 2.24) is 0 Å². The molecule has 0 fully saturated rings. The molecule has 0 aromatic rings. The van der Waals surface area contributed by atoms with E-state index in [1.807, 2.05) is 0 Å². The molecule has 0 amide bonds. The van der Waals surface area contributed by atoms with Gasteiger partial charge in [0.25, 0.3) is 0 Å². The van der Waals surface area contributed by atoms with Gasteiger partial charge < -0.3 is 14.2 Å². The van der Waals surface area contributed by atoms with Crippen LogP contribution >= 0.6 is 0 Å². The Morgan fingerprint density at radius 2 is 0.487 bits per heavy atom. The number of hydrogen-bond acceptors (Lipinski definition) is 6. The summed E-state index contributed by atoms with van der Waals surface area (Å²) in [5, 5.41) is 0. The van der Waals surface area contributed by atoms with Gasteiger partial charge in [-0.15, -0.1) is 0 Å². The summed E-state index contributed by atoms with van der Waals surface area (Å²) in [5.41, 5.74) is 0. The molecule has 0 aliphatic rings. The molecule has 6 nitrogen and oxygen atoms in total. The van der Waals surface area contributed by atoms with Crippen LogP contribution in [0.3, 0.4) is 0 Å². The zero-order valence-electron chi connectivity index (χ0n) is 51.3. The summed E-state index contributed by atoms with van der Waals surface area (Å²) in [5.74, 6) is -0.954. The predicted octanol–water partition coefficient (Wildman–Crippen LogP) is 22.3. The number of rotatable bonds is 56. The molecular weight excluding hydrogens is 985 g/mol. The molecule has 0 radical (unpaired) electrons. The zero-order valence-corrected chi connectivity index (χ0v) is 51.3. The van der Waals surface area contributed by atoms with Crippen molar-refractivity contribution in [2.75, 3.05) is 13.2 Å². The predicted molar refractivity (Wildman–Crippen MR) is 348 cm³/mol. The van der Waals surface area contributed by atoms with Gasteiger partial charge in [-0.05, 0) is 135 Å². The number of allylic oxidation sites excluding steroid dienone is 28. The lowest BCUT2D eigenvalue weighted by molar-refractivity contribution is -0.167. The molecule has 0 heterocycles. The van der Waals surface area contributed by atoms with E-state index in [1.165, 1.54) is 57.8 Å². The van der Waals surface area contributed by atoms with Crippen molar-refractivity contribution >= 4 is 17.9 Å². The average Bonchev–Trinajstić information content (AvgIpc) is 3.46. The van der Waals surface area contributed by atoms with Crippen LogP contribution in [-0.2, 0) is 28.6 Å². The van der Waals surface area contributed by atoms with Gasteiger partial charge in [-0.3, -0.25) is 14.4 Å². The summed E-state index contributed by atoms with van der Waals surface area (Å²) in [6.07, 6.45) is 98.2. The number of carbonyl (C=O) groups excluding carboxylic acids is 3. The van der Waals surface area contributed by atoms with Crippen LogP contribution in [0.5, 0.6) is 0 Å². The first-order chi connectivity index (χ1) is 39.5. The molecule has 0 rings (SSSR count). The van der Waals surface area contributed by atoms with Crippen LogP contribution in [-0.4, -0.2) is 37.2 Å². The SMILES string of the molecule is CC/C=C\C/C=C\C/C=C\C/C=C\C/C=C\C/C=C\C/C=C\C/C=C\C/C=C\CCCCCC(=O)OCC(COC(=O)CCCCCCCC)OC(=O)CCCCCCCCCCC/C=C\C/C=C\C/C=C\C/C=C\C/C=C\CC. The zero-order chi connectivity index (χ0) is 57.8. The Balaban J connectivity index is 4.23. The molecule has 1 unspecified atom stereocenters. The van der Waals surface area contributed by atoms with Crippen LogP contribution in [0.2, 0.25) is 0 Å². The van der Waals surface area contributed by atoms with Gasteiger partial charge in [-0.25, -0.2) is 0 Å². The van der Waals surface area contributed by atoms with E-state index in [1.54, 1.807) is 0 Å². The highest BCUT2D eigenvalue weighted by molar-refractivity contribution is 5.71. The van der Waals surface area contributed by atoms with Crippen LogP contribution < -0.4 is 0 Å². The van der Waals surface area contributed by atoms with Gasteiger partial charge in [0.05, 0.1) is 0 Å². The Bertz CT molecular complexity index is 1840. The van der Waals surface area contributed by atoms with Crippen LogP contribution in [0.15, 0.2) is 170 Å². The molecule has 80 heavy (non-hydrogen) atoms. The Morgan fingerprint density at radius 1 is 0.263 bits per heavy atom. The normalized spacial score (nSPS) is 13.3. The lowest BCUT2D eigenvalue weighted by atomic mass is 10.1. The quantitative estimate of drug-likeness (QED) is 0.0261. The second-order valence-electron chi connectivity index (χ2n) is 20.6. The standard InChI is InChI=1S/C74H116O6/c1-4-7-10-13-16-18-20-22-24-26-28-30-32-34-35-36-37-38-39-41-42-44-46-48-50-52-54-56-58-61-64-67-73(76)79-70-71(69-78-72(75)66-63-60-15-12-9-6-3)80-74(77)68-65-62-59-57-55-53-51-49-47-45-43-40-33-31-29-27-25-23-21-19-17-14-11-8-5-2/h7-8,10-11,16-19,22-25,28-31,34-35,37-38,40-43,46,48,52,54,71H,4-6,9,12-15,20-21,26-27,32-33,36,39,44-45,47,49-51,53,55-70H2,1-3H3/b10-7-,11-8-,18-16-,19-17-,24-22-,25-23-,30-28-,31-29-,35-34-,38-37-,42-41-,43-40-,48-46-,54-52-. The van der Waals surface area contributed by atoms with Crippen molar-refractivity contribution in [2.24, 2.45) is 0 Å². The van der Waals surface area contributed by atoms with Crippen molar-refractivity contribution in [1.29, 1.82) is 0 Å². The Kier molecular flexibility index (Phi) is 61.9. The fourth-order valence-electron chi connectivity index (χ4n) is 8.23. The number of ether oxygens (including phenoxy) is 3. The molecule has 0 saturated carbocycles. The lowest BCUT2D eigenvalue weighted by Crippen LogP contribution is -2.30. The number of esters is 3. The van der Waals surface area contributed by atoms with E-state index in [0.717, 1.165) is 161 Å². The summed E-state index contributed by atoms with van der Waals surface area (Å²) >= 11 is 0. The molecule has 0 aliphatic heterocycles. The molecule has 448 valence electrons. The monoisotopic (exact) mass is 1100 g/mol. The number of unbranched alkanes of at least 4 members (excludes halogenated alkanes) is 17. The third-order valence-corrected chi connectivity index (χ3v) is 13.0. The van der Waals surface area contributed by atoms with E-state index in [2.05, 4.69) is 191 Å². The maximum atomic E-state index is 12.9. The minimum Gasteiger partial charge on any atom is -0.462 e. The molecule has 0 aromatic heterocycles. The van der Waals surface area contributed by atoms with E-state index >= 15 is 0 Å². The van der Waals surface area contributed by atoms with Gasteiger partial charge in [0.15, 0.2) is 6.10 Å². The lowest BCUT2D eigenvalue weighted by Gasteiger charge is -2.18. The van der Waals surface area contributed by atoms with Crippen LogP contribution in [0.4, 0.5) is 0 Å². The summed E-state index contributed by atoms with van der Waals surface area (Å²) in [4.78, 5) is 38.0. The summed E-state index contributed by atoms with van der Waals surface area (Å²) in [7, 11) is 0. The molecule has 1 atom stereocenters. The number of hydrogen-bond donors (Lipinski definition) is 0. The highest BCUT2D eigenvalue weighted by atomic mass is 16.6. The first-order valence-corrected chi connectivity index (χ1v) is 32.1. The molecule has 0 spiro atoms. The largest absolute Gasteiger partial charge is 0.462 e. The molecule has 0 bridgehead atoms. The van der Waals surface area contributed by atoms with Gasteiger partial charge in [-0.2, -0.15) is 0 Å². The number of carbonyl (C=O) groups is 3. The van der Waals surface area contributed by atoms with E-state index in [0.29, 0.717) is 19.3 Å². The summed E-state index contributed by atoms with van der Waals surface area (Å²) in [6.45, 7) is 6.31. The Morgan fingerprint density at radius 3 is 0.775 bits per heavy atom. The third-order valence-electron chi connectivity index (χ3n) is 13.0. The van der Waals surface area contributed by atoms with E-state index in [9.17, 15) is 14.4 Å². The van der Waals surface area contributed by atoms with Gasteiger partial charge in [0.1, 0.15) is 13.2 Å². The van der Waals surface area contributed by atoms with Crippen molar-refractivity contribution in [2.45, 2.75) is 264 Å². The molecule has 0 saturated heterocycles. The topological polar surface area (TPSA) is 78.9 Å². The minimum absolute atomic E-state index is 0.0979. The summed E-state index contributed by atoms with van der Waals surface area (Å²) in [6, 6.07) is 0. The molecule has 0 N–H and O–H groups in total. The molecule has 0 aliphatic carbocycles. The van der Waals surface area contributed by atoms with Gasteiger partial charge >= 0.3 is 17.9 Å². The van der Waals surface area contributed by atoms with Crippen LogP contribution in [0.1, 0.15) is 258 Å². The average molecular weight is 1100 g/mol. The highest BCUT2D eigenvalue weighted by Crippen LogP contribution is 2.14.